The van der Waals surface area contributed by atoms with Gasteiger partial charge < -0.3 is 10.6 Å². The highest BCUT2D eigenvalue weighted by Crippen LogP contribution is 2.17. The molecule has 0 unspecified atom stereocenters. The molecule has 10 nitrogen and oxygen atoms in total. The van der Waals surface area contributed by atoms with Gasteiger partial charge in [-0.3, -0.25) is 15.1 Å². The molecule has 0 amide bonds. The number of nitro groups is 1. The van der Waals surface area contributed by atoms with Crippen LogP contribution in [0.3, 0.4) is 0 Å². The number of non-ortho nitro benzene ring substituents is 1. The molecule has 0 saturated carbocycles. The van der Waals surface area contributed by atoms with Crippen molar-refractivity contribution < 1.29 is 13.3 Å². The number of nitrogens with zero attached hydrogens (tertiary/aromatic N) is 3. The molecular formula is C17H24N6O4S2. The second-order valence-electron chi connectivity index (χ2n) is 5.90. The van der Waals surface area contributed by atoms with Gasteiger partial charge in [0.25, 0.3) is 5.69 Å². The lowest BCUT2D eigenvalue weighted by Crippen LogP contribution is -2.42. The summed E-state index contributed by atoms with van der Waals surface area (Å²) < 4.78 is 26.9. The molecule has 0 spiro atoms. The summed E-state index contributed by atoms with van der Waals surface area (Å²) in [6, 6.07) is 4.91. The second-order valence-corrected chi connectivity index (χ2v) is 8.87. The Morgan fingerprint density at radius 2 is 2.03 bits per heavy atom. The molecule has 158 valence electrons. The van der Waals surface area contributed by atoms with Crippen LogP contribution in [0.5, 0.6) is 0 Å². The molecule has 0 aliphatic rings. The zero-order chi connectivity index (χ0) is 21.3. The lowest BCUT2D eigenvalue weighted by Gasteiger charge is -2.12. The van der Waals surface area contributed by atoms with Crippen LogP contribution in [0.25, 0.3) is 0 Å². The second kappa shape index (κ2) is 10.8. The van der Waals surface area contributed by atoms with Crippen molar-refractivity contribution in [1.29, 1.82) is 0 Å². The molecule has 12 heteroatoms. The molecule has 1 aromatic carbocycles. The Balaban J connectivity index is 1.76. The van der Waals surface area contributed by atoms with Gasteiger partial charge in [-0.05, 0) is 12.5 Å². The van der Waals surface area contributed by atoms with Gasteiger partial charge in [0.05, 0.1) is 14.8 Å². The van der Waals surface area contributed by atoms with Crippen molar-refractivity contribution in [2.45, 2.75) is 24.7 Å². The zero-order valence-electron chi connectivity index (χ0n) is 16.2. The maximum atomic E-state index is 12.3. The van der Waals surface area contributed by atoms with E-state index >= 15 is 0 Å². The van der Waals surface area contributed by atoms with Crippen LogP contribution in [0.4, 0.5) is 5.69 Å². The minimum absolute atomic E-state index is 0.0953. The standard InChI is InChI=1S/C17H24N6O4S2/c1-3-14-12-21-16(28-14)7-8-19-17(18-2)20-9-10-22-29(26,27)15-6-4-5-13(11-15)23(24)25/h4-6,11-12,22H,3,7-10H2,1-2H3,(H2,18,19,20). The van der Waals surface area contributed by atoms with Gasteiger partial charge >= 0.3 is 0 Å². The van der Waals surface area contributed by atoms with Crippen LogP contribution in [0.15, 0.2) is 40.4 Å². The lowest BCUT2D eigenvalue weighted by atomic mass is 10.3. The Kier molecular flexibility index (Phi) is 8.49. The first-order valence-electron chi connectivity index (χ1n) is 8.98. The van der Waals surface area contributed by atoms with Gasteiger partial charge in [0.2, 0.25) is 10.0 Å². The number of aromatic nitrogens is 1. The van der Waals surface area contributed by atoms with Gasteiger partial charge in [-0.1, -0.05) is 13.0 Å². The van der Waals surface area contributed by atoms with E-state index in [-0.39, 0.29) is 17.1 Å². The summed E-state index contributed by atoms with van der Waals surface area (Å²) in [6.45, 7) is 3.13. The minimum Gasteiger partial charge on any atom is -0.356 e. The summed E-state index contributed by atoms with van der Waals surface area (Å²) in [7, 11) is -2.21. The fraction of sp³-hybridized carbons (Fsp3) is 0.412. The topological polar surface area (TPSA) is 139 Å². The number of rotatable bonds is 10. The maximum absolute atomic E-state index is 12.3. The Morgan fingerprint density at radius 1 is 1.28 bits per heavy atom. The fourth-order valence-electron chi connectivity index (χ4n) is 2.35. The average Bonchev–Trinajstić information content (AvgIpc) is 3.17. The Morgan fingerprint density at radius 3 is 2.69 bits per heavy atom. The molecule has 1 heterocycles. The van der Waals surface area contributed by atoms with E-state index in [9.17, 15) is 18.5 Å². The molecule has 0 fully saturated rings. The number of aryl methyl sites for hydroxylation is 1. The molecule has 2 aromatic rings. The SMILES string of the molecule is CCc1cnc(CCNC(=NC)NCCNS(=O)(=O)c2cccc([N+](=O)[O-])c2)s1. The van der Waals surface area contributed by atoms with Gasteiger partial charge in [-0.25, -0.2) is 18.1 Å². The Hall–Kier alpha value is -2.57. The lowest BCUT2D eigenvalue weighted by molar-refractivity contribution is -0.385. The summed E-state index contributed by atoms with van der Waals surface area (Å²) in [6.07, 6.45) is 3.63. The number of aliphatic imine (C=N–C) groups is 1. The van der Waals surface area contributed by atoms with E-state index in [1.807, 2.05) is 6.20 Å². The van der Waals surface area contributed by atoms with Crippen LogP contribution >= 0.6 is 11.3 Å². The van der Waals surface area contributed by atoms with Crippen molar-refractivity contribution >= 4 is 33.0 Å². The third kappa shape index (κ3) is 7.07. The fourth-order valence-corrected chi connectivity index (χ4v) is 4.28. The first kappa shape index (κ1) is 22.7. The van der Waals surface area contributed by atoms with E-state index in [2.05, 4.69) is 32.3 Å². The monoisotopic (exact) mass is 440 g/mol. The quantitative estimate of drug-likeness (QED) is 0.166. The van der Waals surface area contributed by atoms with E-state index in [0.29, 0.717) is 19.0 Å². The summed E-state index contributed by atoms with van der Waals surface area (Å²) >= 11 is 1.69. The molecular weight excluding hydrogens is 416 g/mol. The largest absolute Gasteiger partial charge is 0.356 e. The van der Waals surface area contributed by atoms with Crippen LogP contribution in [0.2, 0.25) is 0 Å². The van der Waals surface area contributed by atoms with E-state index in [4.69, 9.17) is 0 Å². The number of benzene rings is 1. The highest BCUT2D eigenvalue weighted by atomic mass is 32.2. The highest BCUT2D eigenvalue weighted by Gasteiger charge is 2.17. The summed E-state index contributed by atoms with van der Waals surface area (Å²) in [5.41, 5.74) is -0.276. The van der Waals surface area contributed by atoms with E-state index in [1.165, 1.54) is 23.1 Å². The third-order valence-corrected chi connectivity index (χ3v) is 6.51. The van der Waals surface area contributed by atoms with Crippen molar-refractivity contribution in [1.82, 2.24) is 20.3 Å². The van der Waals surface area contributed by atoms with Crippen LogP contribution < -0.4 is 15.4 Å². The third-order valence-electron chi connectivity index (χ3n) is 3.85. The van der Waals surface area contributed by atoms with Gasteiger partial charge in [-0.15, -0.1) is 11.3 Å². The molecule has 0 saturated heterocycles. The van der Waals surface area contributed by atoms with E-state index in [0.717, 1.165) is 23.9 Å². The average molecular weight is 441 g/mol. The maximum Gasteiger partial charge on any atom is 0.270 e. The van der Waals surface area contributed by atoms with E-state index in [1.54, 1.807) is 18.4 Å². The first-order valence-corrected chi connectivity index (χ1v) is 11.3. The highest BCUT2D eigenvalue weighted by molar-refractivity contribution is 7.89. The van der Waals surface area contributed by atoms with Gasteiger partial charge in [0.15, 0.2) is 5.96 Å². The molecule has 0 bridgehead atoms. The smallest absolute Gasteiger partial charge is 0.270 e. The van der Waals surface area contributed by atoms with Crippen molar-refractivity contribution in [3.63, 3.8) is 0 Å². The Bertz CT molecular complexity index is 958. The number of thiazole rings is 1. The van der Waals surface area contributed by atoms with Crippen LogP contribution in [-0.2, 0) is 22.9 Å². The van der Waals surface area contributed by atoms with Gasteiger partial charge in [0, 0.05) is 56.3 Å². The molecule has 29 heavy (non-hydrogen) atoms. The number of hydrogen-bond acceptors (Lipinski definition) is 7. The first-order chi connectivity index (χ1) is 13.9. The zero-order valence-corrected chi connectivity index (χ0v) is 17.8. The number of nitro benzene ring substituents is 1. The molecule has 0 aliphatic heterocycles. The van der Waals surface area contributed by atoms with Crippen LogP contribution in [-0.4, -0.2) is 51.0 Å². The normalized spacial score (nSPS) is 12.0. The molecule has 1 aromatic heterocycles. The number of hydrogen-bond donors (Lipinski definition) is 3. The summed E-state index contributed by atoms with van der Waals surface area (Å²) in [5.74, 6) is 0.548. The summed E-state index contributed by atoms with van der Waals surface area (Å²) in [4.78, 5) is 19.7. The van der Waals surface area contributed by atoms with Gasteiger partial charge in [-0.2, -0.15) is 0 Å². The van der Waals surface area contributed by atoms with Crippen molar-refractivity contribution in [2.24, 2.45) is 4.99 Å². The molecule has 0 atom stereocenters. The molecule has 0 radical (unpaired) electrons. The predicted octanol–water partition coefficient (Wildman–Crippen LogP) is 1.30. The number of guanidine groups is 1. The van der Waals surface area contributed by atoms with Crippen LogP contribution in [0.1, 0.15) is 16.8 Å². The Labute approximate surface area is 173 Å². The predicted molar refractivity (Wildman–Crippen MR) is 113 cm³/mol. The number of nitrogens with one attached hydrogen (secondary N) is 3. The minimum atomic E-state index is -3.84. The summed E-state index contributed by atoms with van der Waals surface area (Å²) in [5, 5.41) is 18.0. The van der Waals surface area contributed by atoms with Crippen molar-refractivity contribution in [3.05, 3.63) is 50.5 Å². The van der Waals surface area contributed by atoms with Gasteiger partial charge in [0.1, 0.15) is 0 Å². The number of sulfonamides is 1. The van der Waals surface area contributed by atoms with E-state index < -0.39 is 14.9 Å². The van der Waals surface area contributed by atoms with Crippen molar-refractivity contribution in [3.8, 4) is 0 Å². The van der Waals surface area contributed by atoms with Crippen molar-refractivity contribution in [2.75, 3.05) is 26.7 Å². The van der Waals surface area contributed by atoms with Crippen LogP contribution in [0, 0.1) is 10.1 Å². The molecule has 0 aliphatic carbocycles. The molecule has 3 N–H and O–H groups in total. The molecule has 2 rings (SSSR count).